The second-order valence-electron chi connectivity index (χ2n) is 5.33. The number of nitrogens with one attached hydrogen (secondary N) is 1. The van der Waals surface area contributed by atoms with Crippen molar-refractivity contribution < 1.29 is 4.57 Å². The monoisotopic (exact) mass is 306 g/mol. The maximum absolute atomic E-state index is 14.1. The molecule has 108 valence electrons. The molecular weight excluding hydrogens is 291 g/mol. The van der Waals surface area contributed by atoms with E-state index in [1.54, 1.807) is 0 Å². The summed E-state index contributed by atoms with van der Waals surface area (Å²) >= 11 is 0. The Balaban J connectivity index is 2.11. The standard InChI is InChI=1S/C18H15N2OP/c19-14-9-6-12-17-18(14)20-15-10-4-5-11-16(15)22(17,21)13-7-2-1-3-8-13/h1-12,20H,19H2. The van der Waals surface area contributed by atoms with Gasteiger partial charge in [-0.25, -0.2) is 0 Å². The van der Waals surface area contributed by atoms with Gasteiger partial charge in [0.15, 0.2) is 7.14 Å². The van der Waals surface area contributed by atoms with Crippen LogP contribution in [0.2, 0.25) is 0 Å². The van der Waals surface area contributed by atoms with Crippen molar-refractivity contribution in [3.63, 3.8) is 0 Å². The number of para-hydroxylation sites is 2. The summed E-state index contributed by atoms with van der Waals surface area (Å²) in [5.74, 6) is 0. The van der Waals surface area contributed by atoms with Crippen LogP contribution in [0.1, 0.15) is 0 Å². The van der Waals surface area contributed by atoms with Crippen LogP contribution >= 0.6 is 7.14 Å². The molecule has 3 aromatic rings. The lowest BCUT2D eigenvalue weighted by Crippen LogP contribution is -2.32. The lowest BCUT2D eigenvalue weighted by Gasteiger charge is -2.30. The zero-order valence-corrected chi connectivity index (χ0v) is 12.8. The zero-order chi connectivity index (χ0) is 15.2. The van der Waals surface area contributed by atoms with E-state index in [0.717, 1.165) is 27.3 Å². The molecule has 0 aliphatic carbocycles. The van der Waals surface area contributed by atoms with Gasteiger partial charge in [0, 0.05) is 21.6 Å². The fourth-order valence-electron chi connectivity index (χ4n) is 2.99. The van der Waals surface area contributed by atoms with Gasteiger partial charge < -0.3 is 15.6 Å². The van der Waals surface area contributed by atoms with Gasteiger partial charge in [-0.05, 0) is 24.3 Å². The van der Waals surface area contributed by atoms with Crippen LogP contribution in [0.25, 0.3) is 0 Å². The molecule has 1 heterocycles. The van der Waals surface area contributed by atoms with Crippen molar-refractivity contribution in [3.8, 4) is 0 Å². The fraction of sp³-hybridized carbons (Fsp3) is 0. The molecular formula is C18H15N2OP. The second-order valence-corrected chi connectivity index (χ2v) is 8.03. The van der Waals surface area contributed by atoms with Crippen LogP contribution in [0.15, 0.2) is 72.8 Å². The molecule has 0 amide bonds. The van der Waals surface area contributed by atoms with Crippen LogP contribution < -0.4 is 27.0 Å². The molecule has 0 bridgehead atoms. The molecule has 1 aliphatic heterocycles. The van der Waals surface area contributed by atoms with E-state index in [9.17, 15) is 4.57 Å². The number of hydrogen-bond donors (Lipinski definition) is 2. The molecule has 0 spiro atoms. The summed E-state index contributed by atoms with van der Waals surface area (Å²) in [5, 5.41) is 5.77. The summed E-state index contributed by atoms with van der Waals surface area (Å²) in [6, 6.07) is 23.0. The van der Waals surface area contributed by atoms with E-state index < -0.39 is 7.14 Å². The molecule has 0 saturated heterocycles. The normalized spacial score (nSPS) is 18.9. The Morgan fingerprint density at radius 3 is 2.27 bits per heavy atom. The summed E-state index contributed by atoms with van der Waals surface area (Å²) in [4.78, 5) is 0. The highest BCUT2D eigenvalue weighted by molar-refractivity contribution is 7.86. The first-order chi connectivity index (χ1) is 10.7. The van der Waals surface area contributed by atoms with Crippen molar-refractivity contribution in [1.82, 2.24) is 0 Å². The predicted molar refractivity (Wildman–Crippen MR) is 93.5 cm³/mol. The molecule has 0 fully saturated rings. The van der Waals surface area contributed by atoms with E-state index in [2.05, 4.69) is 5.32 Å². The number of fused-ring (bicyclic) bond motifs is 2. The van der Waals surface area contributed by atoms with Crippen LogP contribution in [0.4, 0.5) is 17.1 Å². The summed E-state index contributed by atoms with van der Waals surface area (Å²) in [6.45, 7) is 0. The molecule has 3 nitrogen and oxygen atoms in total. The van der Waals surface area contributed by atoms with E-state index in [1.165, 1.54) is 0 Å². The molecule has 1 unspecified atom stereocenters. The molecule has 0 radical (unpaired) electrons. The van der Waals surface area contributed by atoms with Gasteiger partial charge in [-0.1, -0.05) is 48.5 Å². The predicted octanol–water partition coefficient (Wildman–Crippen LogP) is 2.97. The van der Waals surface area contributed by atoms with E-state index in [1.807, 2.05) is 72.8 Å². The van der Waals surface area contributed by atoms with E-state index >= 15 is 0 Å². The molecule has 0 saturated carbocycles. The van der Waals surface area contributed by atoms with E-state index in [4.69, 9.17) is 5.73 Å². The topological polar surface area (TPSA) is 55.1 Å². The minimum absolute atomic E-state index is 0.614. The molecule has 4 rings (SSSR count). The van der Waals surface area contributed by atoms with Crippen LogP contribution in [0.3, 0.4) is 0 Å². The Bertz CT molecular complexity index is 906. The molecule has 3 aromatic carbocycles. The van der Waals surface area contributed by atoms with Gasteiger partial charge in [-0.15, -0.1) is 0 Å². The highest BCUT2D eigenvalue weighted by Crippen LogP contribution is 2.50. The average molecular weight is 306 g/mol. The number of rotatable bonds is 1. The minimum Gasteiger partial charge on any atom is -0.397 e. The van der Waals surface area contributed by atoms with Gasteiger partial charge in [-0.2, -0.15) is 0 Å². The number of nitrogens with two attached hydrogens (primary N) is 1. The van der Waals surface area contributed by atoms with Crippen LogP contribution in [-0.2, 0) is 4.57 Å². The fourth-order valence-corrected chi connectivity index (χ4v) is 5.96. The van der Waals surface area contributed by atoms with Crippen molar-refractivity contribution in [1.29, 1.82) is 0 Å². The Morgan fingerprint density at radius 2 is 1.45 bits per heavy atom. The van der Waals surface area contributed by atoms with Crippen molar-refractivity contribution in [2.24, 2.45) is 0 Å². The minimum atomic E-state index is -2.92. The summed E-state index contributed by atoms with van der Waals surface area (Å²) in [6.07, 6.45) is 0. The van der Waals surface area contributed by atoms with Crippen LogP contribution in [-0.4, -0.2) is 0 Å². The highest BCUT2D eigenvalue weighted by atomic mass is 31.2. The third kappa shape index (κ3) is 1.73. The number of benzene rings is 3. The van der Waals surface area contributed by atoms with Gasteiger partial charge in [-0.3, -0.25) is 0 Å². The molecule has 0 aromatic heterocycles. The molecule has 1 atom stereocenters. The van der Waals surface area contributed by atoms with Crippen molar-refractivity contribution in [3.05, 3.63) is 72.8 Å². The zero-order valence-electron chi connectivity index (χ0n) is 11.9. The lowest BCUT2D eigenvalue weighted by molar-refractivity contribution is 0.592. The Hall–Kier alpha value is -2.51. The lowest BCUT2D eigenvalue weighted by atomic mass is 10.2. The maximum Gasteiger partial charge on any atom is 0.175 e. The largest absolute Gasteiger partial charge is 0.397 e. The highest BCUT2D eigenvalue weighted by Gasteiger charge is 2.37. The van der Waals surface area contributed by atoms with Gasteiger partial charge >= 0.3 is 0 Å². The third-order valence-electron chi connectivity index (χ3n) is 4.04. The average Bonchev–Trinajstić information content (AvgIpc) is 2.57. The number of nitrogen functional groups attached to an aromatic ring is 1. The van der Waals surface area contributed by atoms with E-state index in [0.29, 0.717) is 5.69 Å². The van der Waals surface area contributed by atoms with Crippen LogP contribution in [0.5, 0.6) is 0 Å². The first-order valence-electron chi connectivity index (χ1n) is 7.12. The van der Waals surface area contributed by atoms with Gasteiger partial charge in [0.1, 0.15) is 0 Å². The first kappa shape index (κ1) is 13.2. The number of hydrogen-bond acceptors (Lipinski definition) is 3. The third-order valence-corrected chi connectivity index (χ3v) is 7.18. The van der Waals surface area contributed by atoms with Crippen LogP contribution in [0, 0.1) is 0 Å². The van der Waals surface area contributed by atoms with Gasteiger partial charge in [0.25, 0.3) is 0 Å². The SMILES string of the molecule is Nc1cccc2c1Nc1ccccc1P2(=O)c1ccccc1. The maximum atomic E-state index is 14.1. The quantitative estimate of drug-likeness (QED) is 0.420. The molecule has 3 N–H and O–H groups in total. The van der Waals surface area contributed by atoms with Gasteiger partial charge in [0.2, 0.25) is 0 Å². The van der Waals surface area contributed by atoms with Crippen molar-refractivity contribution >= 4 is 40.1 Å². The van der Waals surface area contributed by atoms with Crippen molar-refractivity contribution in [2.45, 2.75) is 0 Å². The first-order valence-corrected chi connectivity index (χ1v) is 8.83. The Kier molecular flexibility index (Phi) is 2.85. The molecule has 1 aliphatic rings. The molecule has 4 heteroatoms. The van der Waals surface area contributed by atoms with E-state index in [-0.39, 0.29) is 0 Å². The second kappa shape index (κ2) is 4.75. The van der Waals surface area contributed by atoms with Gasteiger partial charge in [0.05, 0.1) is 11.4 Å². The summed E-state index contributed by atoms with van der Waals surface area (Å²) < 4.78 is 14.1. The summed E-state index contributed by atoms with van der Waals surface area (Å²) in [7, 11) is -2.92. The Labute approximate surface area is 129 Å². The molecule has 22 heavy (non-hydrogen) atoms. The smallest absolute Gasteiger partial charge is 0.175 e. The van der Waals surface area contributed by atoms with Crippen molar-refractivity contribution in [2.75, 3.05) is 11.1 Å². The number of anilines is 3. The Morgan fingerprint density at radius 1 is 0.773 bits per heavy atom. The summed E-state index contributed by atoms with van der Waals surface area (Å²) in [5.41, 5.74) is 8.35.